The number of anilines is 2. The van der Waals surface area contributed by atoms with Gasteiger partial charge in [-0.25, -0.2) is 0 Å². The molecule has 0 spiro atoms. The molecule has 0 saturated heterocycles. The molecule has 0 bridgehead atoms. The van der Waals surface area contributed by atoms with Gasteiger partial charge in [0.2, 0.25) is 0 Å². The second kappa shape index (κ2) is 6.47. The predicted molar refractivity (Wildman–Crippen MR) is 94.2 cm³/mol. The second-order valence-electron chi connectivity index (χ2n) is 4.93. The van der Waals surface area contributed by atoms with Crippen molar-refractivity contribution in [1.29, 1.82) is 0 Å². The minimum atomic E-state index is -0.630. The highest BCUT2D eigenvalue weighted by atomic mass is 32.1. The Bertz CT molecular complexity index is 838. The van der Waals surface area contributed by atoms with E-state index in [9.17, 15) is 14.9 Å². The van der Waals surface area contributed by atoms with E-state index in [2.05, 4.69) is 16.0 Å². The van der Waals surface area contributed by atoms with Crippen molar-refractivity contribution in [2.24, 2.45) is 0 Å². The minimum Gasteiger partial charge on any atom is -0.334 e. The molecule has 120 valence electrons. The molecule has 2 aromatic carbocycles. The van der Waals surface area contributed by atoms with Gasteiger partial charge in [-0.3, -0.25) is 14.9 Å². The van der Waals surface area contributed by atoms with Gasteiger partial charge in [0.05, 0.1) is 16.3 Å². The second-order valence-corrected chi connectivity index (χ2v) is 5.33. The van der Waals surface area contributed by atoms with E-state index in [-0.39, 0.29) is 10.8 Å². The SMILES string of the molecule is O=C(NC(=S)C(=C1Nc2ccccc2N1)[N+](=O)[O-])c1ccccc1. The molecule has 8 heteroatoms. The third-order valence-electron chi connectivity index (χ3n) is 3.34. The van der Waals surface area contributed by atoms with Crippen LogP contribution < -0.4 is 16.0 Å². The van der Waals surface area contributed by atoms with E-state index in [0.29, 0.717) is 16.9 Å². The Kier molecular flexibility index (Phi) is 4.21. The fourth-order valence-electron chi connectivity index (χ4n) is 2.23. The number of nitrogens with zero attached hydrogens (tertiary/aromatic N) is 1. The predicted octanol–water partition coefficient (Wildman–Crippen LogP) is 2.73. The molecule has 0 fully saturated rings. The zero-order valence-electron chi connectivity index (χ0n) is 12.3. The number of fused-ring (bicyclic) bond motifs is 1. The van der Waals surface area contributed by atoms with Gasteiger partial charge in [0.15, 0.2) is 10.8 Å². The molecule has 1 aliphatic heterocycles. The number of carbonyl (C=O) groups excluding carboxylic acids is 1. The number of para-hydroxylation sites is 2. The van der Waals surface area contributed by atoms with E-state index in [1.165, 1.54) is 0 Å². The van der Waals surface area contributed by atoms with Crippen molar-refractivity contribution in [3.8, 4) is 0 Å². The van der Waals surface area contributed by atoms with Crippen LogP contribution in [-0.2, 0) is 0 Å². The van der Waals surface area contributed by atoms with Crippen molar-refractivity contribution < 1.29 is 9.72 Å². The van der Waals surface area contributed by atoms with Crippen LogP contribution in [0.25, 0.3) is 0 Å². The molecular weight excluding hydrogens is 328 g/mol. The number of thiocarbonyl (C=S) groups is 1. The van der Waals surface area contributed by atoms with Gasteiger partial charge >= 0.3 is 5.70 Å². The highest BCUT2D eigenvalue weighted by Gasteiger charge is 2.29. The third kappa shape index (κ3) is 3.08. The van der Waals surface area contributed by atoms with Crippen LogP contribution in [0.2, 0.25) is 0 Å². The highest BCUT2D eigenvalue weighted by molar-refractivity contribution is 7.80. The largest absolute Gasteiger partial charge is 0.344 e. The lowest BCUT2D eigenvalue weighted by Crippen LogP contribution is -2.34. The van der Waals surface area contributed by atoms with Gasteiger partial charge in [0.1, 0.15) is 0 Å². The Labute approximate surface area is 142 Å². The van der Waals surface area contributed by atoms with Crippen LogP contribution in [0.3, 0.4) is 0 Å². The molecule has 0 saturated carbocycles. The fourth-order valence-corrected chi connectivity index (χ4v) is 2.50. The molecule has 1 heterocycles. The van der Waals surface area contributed by atoms with E-state index in [0.717, 1.165) is 0 Å². The number of nitro groups is 1. The first-order valence-electron chi connectivity index (χ1n) is 6.99. The van der Waals surface area contributed by atoms with Crippen LogP contribution in [-0.4, -0.2) is 15.8 Å². The van der Waals surface area contributed by atoms with Crippen molar-refractivity contribution in [3.63, 3.8) is 0 Å². The average Bonchev–Trinajstić information content (AvgIpc) is 2.98. The summed E-state index contributed by atoms with van der Waals surface area (Å²) in [5, 5.41) is 19.6. The van der Waals surface area contributed by atoms with Crippen LogP contribution in [0.5, 0.6) is 0 Å². The lowest BCUT2D eigenvalue weighted by Gasteiger charge is -2.07. The third-order valence-corrected chi connectivity index (χ3v) is 3.64. The summed E-state index contributed by atoms with van der Waals surface area (Å²) in [5.41, 5.74) is 1.36. The summed E-state index contributed by atoms with van der Waals surface area (Å²) < 4.78 is 0. The number of amides is 1. The van der Waals surface area contributed by atoms with Gasteiger partial charge in [0.25, 0.3) is 5.91 Å². The first kappa shape index (κ1) is 15.6. The number of nitrogens with one attached hydrogen (secondary N) is 3. The topological polar surface area (TPSA) is 96.3 Å². The summed E-state index contributed by atoms with van der Waals surface area (Å²) in [6.45, 7) is 0. The zero-order valence-corrected chi connectivity index (χ0v) is 13.1. The fraction of sp³-hybridized carbons (Fsp3) is 0. The first-order valence-corrected chi connectivity index (χ1v) is 7.39. The Morgan fingerprint density at radius 3 is 2.08 bits per heavy atom. The molecule has 2 aromatic rings. The lowest BCUT2D eigenvalue weighted by atomic mass is 10.2. The molecule has 0 atom stereocenters. The van der Waals surface area contributed by atoms with Gasteiger partial charge in [-0.05, 0) is 24.3 Å². The summed E-state index contributed by atoms with van der Waals surface area (Å²) in [6, 6.07) is 15.5. The summed E-state index contributed by atoms with van der Waals surface area (Å²) in [4.78, 5) is 22.7. The molecule has 0 aromatic heterocycles. The standard InChI is InChI=1S/C16H12N4O3S/c21-15(10-6-2-1-3-7-10)19-16(24)13(20(22)23)14-17-11-8-4-5-9-12(11)18-14/h1-9,17-18H,(H,19,21,24). The van der Waals surface area contributed by atoms with Crippen LogP contribution in [0, 0.1) is 10.1 Å². The number of hydrogen-bond donors (Lipinski definition) is 3. The van der Waals surface area contributed by atoms with Crippen molar-refractivity contribution >= 4 is 34.5 Å². The maximum absolute atomic E-state index is 12.1. The molecule has 0 aliphatic carbocycles. The van der Waals surface area contributed by atoms with Gasteiger partial charge in [-0.15, -0.1) is 0 Å². The zero-order chi connectivity index (χ0) is 17.1. The van der Waals surface area contributed by atoms with Crippen molar-refractivity contribution in [2.75, 3.05) is 10.6 Å². The number of rotatable bonds is 3. The van der Waals surface area contributed by atoms with E-state index in [1.54, 1.807) is 54.6 Å². The van der Waals surface area contributed by atoms with Gasteiger partial charge < -0.3 is 16.0 Å². The van der Waals surface area contributed by atoms with E-state index >= 15 is 0 Å². The van der Waals surface area contributed by atoms with Crippen LogP contribution in [0.1, 0.15) is 10.4 Å². The number of hydrogen-bond acceptors (Lipinski definition) is 6. The van der Waals surface area contributed by atoms with Crippen LogP contribution in [0.4, 0.5) is 11.4 Å². The molecule has 1 amide bonds. The van der Waals surface area contributed by atoms with E-state index in [1.807, 2.05) is 0 Å². The maximum Gasteiger partial charge on any atom is 0.344 e. The smallest absolute Gasteiger partial charge is 0.334 e. The molecule has 0 unspecified atom stereocenters. The Morgan fingerprint density at radius 1 is 1.00 bits per heavy atom. The minimum absolute atomic E-state index is 0.125. The van der Waals surface area contributed by atoms with Gasteiger partial charge in [0, 0.05) is 5.56 Å². The molecule has 0 radical (unpaired) electrons. The monoisotopic (exact) mass is 340 g/mol. The lowest BCUT2D eigenvalue weighted by molar-refractivity contribution is -0.415. The van der Waals surface area contributed by atoms with E-state index < -0.39 is 16.5 Å². The van der Waals surface area contributed by atoms with Crippen molar-refractivity contribution in [3.05, 3.63) is 81.8 Å². The van der Waals surface area contributed by atoms with Crippen molar-refractivity contribution in [1.82, 2.24) is 5.32 Å². The Morgan fingerprint density at radius 2 is 1.54 bits per heavy atom. The van der Waals surface area contributed by atoms with E-state index in [4.69, 9.17) is 12.2 Å². The molecular formula is C16H12N4O3S. The van der Waals surface area contributed by atoms with Crippen LogP contribution >= 0.6 is 12.2 Å². The summed E-state index contributed by atoms with van der Waals surface area (Å²) in [5.74, 6) is -0.379. The highest BCUT2D eigenvalue weighted by Crippen LogP contribution is 2.31. The Balaban J connectivity index is 1.85. The quantitative estimate of drug-likeness (QED) is 0.344. The first-order chi connectivity index (χ1) is 11.6. The molecule has 1 aliphatic rings. The maximum atomic E-state index is 12.1. The summed E-state index contributed by atoms with van der Waals surface area (Å²) in [7, 11) is 0. The molecule has 3 N–H and O–H groups in total. The number of benzene rings is 2. The van der Waals surface area contributed by atoms with Gasteiger partial charge in [-0.2, -0.15) is 0 Å². The van der Waals surface area contributed by atoms with Crippen LogP contribution in [0.15, 0.2) is 66.1 Å². The van der Waals surface area contributed by atoms with Crippen molar-refractivity contribution in [2.45, 2.75) is 0 Å². The van der Waals surface area contributed by atoms with Gasteiger partial charge in [-0.1, -0.05) is 42.5 Å². The molecule has 24 heavy (non-hydrogen) atoms. The average molecular weight is 340 g/mol. The summed E-state index contributed by atoms with van der Waals surface area (Å²) >= 11 is 5.06. The summed E-state index contributed by atoms with van der Waals surface area (Å²) in [6.07, 6.45) is 0. The normalized spacial score (nSPS) is 11.8. The molecule has 7 nitrogen and oxygen atoms in total. The molecule has 3 rings (SSSR count). The Hall–Kier alpha value is -3.26. The number of carbonyl (C=O) groups is 1.